The molecule has 1 atom stereocenters. The Morgan fingerprint density at radius 1 is 1.48 bits per heavy atom. The van der Waals surface area contributed by atoms with Crippen LogP contribution in [0, 0.1) is 6.92 Å². The summed E-state index contributed by atoms with van der Waals surface area (Å²) in [6.45, 7) is 3.55. The fourth-order valence-electron chi connectivity index (χ4n) is 2.79. The summed E-state index contributed by atoms with van der Waals surface area (Å²) in [5.41, 5.74) is 2.73. The second kappa shape index (κ2) is 8.19. The highest BCUT2D eigenvalue weighted by molar-refractivity contribution is 7.09. The number of rotatable bonds is 9. The van der Waals surface area contributed by atoms with Gasteiger partial charge in [-0.15, -0.1) is 11.3 Å². The molecule has 5 nitrogen and oxygen atoms in total. The number of β-amino-alcohol motifs (C(OH)–C–C–N with tert-alkyl or cyclic N) is 1. The Kier molecular flexibility index (Phi) is 6.57. The molecule has 0 amide bonds. The molecule has 0 saturated heterocycles. The Hall–Kier alpha value is -0.530. The van der Waals surface area contributed by atoms with Crippen molar-refractivity contribution >= 4 is 11.3 Å². The quantitative estimate of drug-likeness (QED) is 0.599. The second-order valence-corrected chi connectivity index (χ2v) is 6.81. The van der Waals surface area contributed by atoms with Gasteiger partial charge in [-0.25, -0.2) is 4.98 Å². The first kappa shape index (κ1) is 16.8. The van der Waals surface area contributed by atoms with E-state index in [0.717, 1.165) is 37.8 Å². The summed E-state index contributed by atoms with van der Waals surface area (Å²) in [7, 11) is 0. The summed E-state index contributed by atoms with van der Waals surface area (Å²) in [4.78, 5) is 5.44. The lowest BCUT2D eigenvalue weighted by Crippen LogP contribution is -2.49. The highest BCUT2D eigenvalue weighted by Gasteiger charge is 2.32. The average Bonchev–Trinajstić information content (AvgIpc) is 3.11. The summed E-state index contributed by atoms with van der Waals surface area (Å²) in [6, 6.07) is 0. The van der Waals surface area contributed by atoms with Crippen LogP contribution >= 0.6 is 11.3 Å². The van der Waals surface area contributed by atoms with Crippen molar-refractivity contribution in [3.63, 3.8) is 0 Å². The van der Waals surface area contributed by atoms with Crippen molar-refractivity contribution in [1.29, 1.82) is 0 Å². The molecule has 1 saturated carbocycles. The minimum Gasteiger partial charge on any atom is -0.394 e. The van der Waals surface area contributed by atoms with Crippen LogP contribution in [0.5, 0.6) is 0 Å². The maximum absolute atomic E-state index is 9.95. The van der Waals surface area contributed by atoms with Crippen LogP contribution in [0.25, 0.3) is 0 Å². The molecule has 0 spiro atoms. The van der Waals surface area contributed by atoms with Gasteiger partial charge in [0.05, 0.1) is 37.1 Å². The molecule has 1 aromatic heterocycles. The van der Waals surface area contributed by atoms with E-state index in [2.05, 4.69) is 10.3 Å². The van der Waals surface area contributed by atoms with Gasteiger partial charge in [0, 0.05) is 23.4 Å². The third-order valence-corrected chi connectivity index (χ3v) is 5.20. The highest BCUT2D eigenvalue weighted by atomic mass is 32.1. The first-order valence-corrected chi connectivity index (χ1v) is 8.54. The lowest BCUT2D eigenvalue weighted by Gasteiger charge is -2.29. The molecule has 2 rings (SSSR count). The first-order valence-electron chi connectivity index (χ1n) is 7.66. The number of aromatic nitrogens is 1. The van der Waals surface area contributed by atoms with Crippen LogP contribution in [0.2, 0.25) is 0 Å². The molecule has 0 radical (unpaired) electrons. The van der Waals surface area contributed by atoms with Crippen LogP contribution in [-0.4, -0.2) is 53.2 Å². The van der Waals surface area contributed by atoms with Crippen molar-refractivity contribution < 1.29 is 14.9 Å². The Labute approximate surface area is 130 Å². The zero-order valence-corrected chi connectivity index (χ0v) is 13.5. The van der Waals surface area contributed by atoms with Gasteiger partial charge in [-0.1, -0.05) is 12.8 Å². The van der Waals surface area contributed by atoms with Crippen molar-refractivity contribution in [3.8, 4) is 0 Å². The second-order valence-electron chi connectivity index (χ2n) is 5.87. The van der Waals surface area contributed by atoms with Crippen molar-refractivity contribution in [1.82, 2.24) is 10.3 Å². The molecule has 120 valence electrons. The van der Waals surface area contributed by atoms with Crippen LogP contribution in [-0.2, 0) is 11.2 Å². The molecule has 6 heteroatoms. The number of ether oxygens (including phenoxy) is 1. The van der Waals surface area contributed by atoms with E-state index in [1.807, 2.05) is 12.4 Å². The molecule has 21 heavy (non-hydrogen) atoms. The number of aryl methyl sites for hydroxylation is 1. The molecule has 3 N–H and O–H groups in total. The van der Waals surface area contributed by atoms with Crippen LogP contribution in [0.3, 0.4) is 0 Å². The molecule has 1 fully saturated rings. The summed E-state index contributed by atoms with van der Waals surface area (Å²) in [5, 5.41) is 22.8. The number of thiazole rings is 1. The zero-order valence-electron chi connectivity index (χ0n) is 12.7. The monoisotopic (exact) mass is 314 g/mol. The third kappa shape index (κ3) is 5.00. The normalized spacial score (nSPS) is 19.0. The number of hydrogen-bond acceptors (Lipinski definition) is 6. The van der Waals surface area contributed by atoms with Gasteiger partial charge < -0.3 is 20.3 Å². The average molecular weight is 314 g/mol. The third-order valence-electron chi connectivity index (χ3n) is 4.20. The van der Waals surface area contributed by atoms with E-state index >= 15 is 0 Å². The van der Waals surface area contributed by atoms with Crippen LogP contribution in [0.15, 0.2) is 5.51 Å². The van der Waals surface area contributed by atoms with Gasteiger partial charge in [0.15, 0.2) is 0 Å². The number of aliphatic hydroxyl groups excluding tert-OH is 2. The molecule has 0 aromatic carbocycles. The van der Waals surface area contributed by atoms with E-state index < -0.39 is 6.10 Å². The fourth-order valence-corrected chi connectivity index (χ4v) is 3.55. The van der Waals surface area contributed by atoms with Gasteiger partial charge in [0.25, 0.3) is 0 Å². The van der Waals surface area contributed by atoms with Gasteiger partial charge in [0.1, 0.15) is 0 Å². The van der Waals surface area contributed by atoms with E-state index in [-0.39, 0.29) is 12.1 Å². The Morgan fingerprint density at radius 2 is 2.24 bits per heavy atom. The molecule has 1 aliphatic carbocycles. The maximum Gasteiger partial charge on any atom is 0.0897 e. The molecule has 0 bridgehead atoms. The number of aliphatic hydroxyl groups is 2. The molecule has 0 aliphatic heterocycles. The number of nitrogens with one attached hydrogen (secondary N) is 1. The Morgan fingerprint density at radius 3 is 2.86 bits per heavy atom. The van der Waals surface area contributed by atoms with Crippen molar-refractivity contribution in [2.45, 2.75) is 50.7 Å². The van der Waals surface area contributed by atoms with E-state index in [1.54, 1.807) is 11.3 Å². The summed E-state index contributed by atoms with van der Waals surface area (Å²) < 4.78 is 5.53. The summed E-state index contributed by atoms with van der Waals surface area (Å²) in [5.74, 6) is 0. The summed E-state index contributed by atoms with van der Waals surface area (Å²) >= 11 is 1.64. The van der Waals surface area contributed by atoms with Crippen molar-refractivity contribution in [3.05, 3.63) is 16.1 Å². The lowest BCUT2D eigenvalue weighted by molar-refractivity contribution is 0.0307. The van der Waals surface area contributed by atoms with Gasteiger partial charge in [-0.3, -0.25) is 0 Å². The SMILES string of the molecule is Cc1ncsc1CCOCC(O)CNC1(CO)CCCC1. The molecular formula is C15H26N2O3S. The van der Waals surface area contributed by atoms with Crippen molar-refractivity contribution in [2.24, 2.45) is 0 Å². The van der Waals surface area contributed by atoms with E-state index in [1.165, 1.54) is 4.88 Å². The van der Waals surface area contributed by atoms with Crippen LogP contribution < -0.4 is 5.32 Å². The van der Waals surface area contributed by atoms with Gasteiger partial charge in [0.2, 0.25) is 0 Å². The van der Waals surface area contributed by atoms with E-state index in [0.29, 0.717) is 19.8 Å². The minimum absolute atomic E-state index is 0.144. The lowest BCUT2D eigenvalue weighted by atomic mass is 9.99. The zero-order chi connectivity index (χ0) is 15.1. The predicted molar refractivity (Wildman–Crippen MR) is 83.7 cm³/mol. The highest BCUT2D eigenvalue weighted by Crippen LogP contribution is 2.28. The molecular weight excluding hydrogens is 288 g/mol. The standard InChI is InChI=1S/C15H26N2O3S/c1-12-14(21-11-16-12)4-7-20-9-13(19)8-17-15(10-18)5-2-3-6-15/h11,13,17-19H,2-10H2,1H3. The topological polar surface area (TPSA) is 74.6 Å². The van der Waals surface area contributed by atoms with Crippen LogP contribution in [0.4, 0.5) is 0 Å². The van der Waals surface area contributed by atoms with Gasteiger partial charge in [-0.2, -0.15) is 0 Å². The molecule has 1 aliphatic rings. The smallest absolute Gasteiger partial charge is 0.0897 e. The Balaban J connectivity index is 1.59. The van der Waals surface area contributed by atoms with E-state index in [4.69, 9.17) is 4.74 Å². The number of nitrogens with zero attached hydrogens (tertiary/aromatic N) is 1. The first-order chi connectivity index (χ1) is 10.2. The Bertz CT molecular complexity index is 419. The number of hydrogen-bond donors (Lipinski definition) is 3. The summed E-state index contributed by atoms with van der Waals surface area (Å²) in [6.07, 6.45) is 4.58. The van der Waals surface area contributed by atoms with Gasteiger partial charge >= 0.3 is 0 Å². The van der Waals surface area contributed by atoms with E-state index in [9.17, 15) is 10.2 Å². The maximum atomic E-state index is 9.95. The predicted octanol–water partition coefficient (Wildman–Crippen LogP) is 1.27. The van der Waals surface area contributed by atoms with Crippen LogP contribution in [0.1, 0.15) is 36.3 Å². The minimum atomic E-state index is -0.531. The van der Waals surface area contributed by atoms with Crippen molar-refractivity contribution in [2.75, 3.05) is 26.4 Å². The van der Waals surface area contributed by atoms with Gasteiger partial charge in [-0.05, 0) is 19.8 Å². The largest absolute Gasteiger partial charge is 0.394 e. The molecule has 1 heterocycles. The molecule has 1 unspecified atom stereocenters. The fraction of sp³-hybridized carbons (Fsp3) is 0.800. The molecule has 1 aromatic rings.